The number of methoxy groups -OCH3 is 1. The van der Waals surface area contributed by atoms with Crippen LogP contribution in [0.5, 0.6) is 5.75 Å². The molecule has 0 heterocycles. The first-order valence-electron chi connectivity index (χ1n) is 8.87. The molecule has 4 heteroatoms. The zero-order valence-electron chi connectivity index (χ0n) is 15.5. The molecular formula is C21H28N2O2. The van der Waals surface area contributed by atoms with Gasteiger partial charge in [-0.15, -0.1) is 0 Å². The fraction of sp³-hybridized carbons (Fsp3) is 0.381. The van der Waals surface area contributed by atoms with Crippen molar-refractivity contribution in [1.82, 2.24) is 5.32 Å². The summed E-state index contributed by atoms with van der Waals surface area (Å²) in [6, 6.07) is 17.7. The molecule has 0 aliphatic carbocycles. The molecule has 0 saturated heterocycles. The summed E-state index contributed by atoms with van der Waals surface area (Å²) in [6.07, 6.45) is 0.904. The van der Waals surface area contributed by atoms with E-state index in [1.807, 2.05) is 73.3 Å². The average molecular weight is 340 g/mol. The molecule has 0 saturated carbocycles. The van der Waals surface area contributed by atoms with E-state index in [1.165, 1.54) is 0 Å². The van der Waals surface area contributed by atoms with Crippen LogP contribution in [0.25, 0.3) is 0 Å². The van der Waals surface area contributed by atoms with Crippen LogP contribution in [0.2, 0.25) is 0 Å². The van der Waals surface area contributed by atoms with Gasteiger partial charge in [-0.05, 0) is 50.1 Å². The molecule has 2 unspecified atom stereocenters. The Morgan fingerprint density at radius 2 is 1.72 bits per heavy atom. The molecular weight excluding hydrogens is 312 g/mol. The number of para-hydroxylation sites is 1. The summed E-state index contributed by atoms with van der Waals surface area (Å²) in [4.78, 5) is 14.7. The summed E-state index contributed by atoms with van der Waals surface area (Å²) in [7, 11) is 1.66. The number of hydrogen-bond acceptors (Lipinski definition) is 3. The molecule has 1 amide bonds. The largest absolute Gasteiger partial charge is 0.497 e. The van der Waals surface area contributed by atoms with Gasteiger partial charge in [0.05, 0.1) is 13.2 Å². The summed E-state index contributed by atoms with van der Waals surface area (Å²) in [5, 5.41) is 3.47. The third kappa shape index (κ3) is 4.83. The van der Waals surface area contributed by atoms with Crippen LogP contribution in [0.4, 0.5) is 5.69 Å². The van der Waals surface area contributed by atoms with Gasteiger partial charge in [-0.2, -0.15) is 0 Å². The number of benzene rings is 2. The lowest BCUT2D eigenvalue weighted by molar-refractivity contribution is -0.120. The van der Waals surface area contributed by atoms with E-state index in [9.17, 15) is 4.79 Å². The van der Waals surface area contributed by atoms with Gasteiger partial charge in [0, 0.05) is 18.3 Å². The van der Waals surface area contributed by atoms with Gasteiger partial charge in [-0.25, -0.2) is 0 Å². The summed E-state index contributed by atoms with van der Waals surface area (Å²) >= 11 is 0. The first-order valence-corrected chi connectivity index (χ1v) is 8.87. The van der Waals surface area contributed by atoms with E-state index in [0.717, 1.165) is 23.4 Å². The Bertz CT molecular complexity index is 655. The van der Waals surface area contributed by atoms with E-state index in [2.05, 4.69) is 12.2 Å². The van der Waals surface area contributed by atoms with E-state index in [1.54, 1.807) is 7.11 Å². The topological polar surface area (TPSA) is 41.6 Å². The second-order valence-electron chi connectivity index (χ2n) is 6.04. The van der Waals surface area contributed by atoms with Gasteiger partial charge in [-0.3, -0.25) is 10.1 Å². The maximum Gasteiger partial charge on any atom is 0.243 e. The smallest absolute Gasteiger partial charge is 0.243 e. The first-order chi connectivity index (χ1) is 12.1. The van der Waals surface area contributed by atoms with Crippen molar-refractivity contribution in [3.8, 4) is 5.75 Å². The predicted molar refractivity (Wildman–Crippen MR) is 103 cm³/mol. The number of likely N-dealkylation sites (N-methyl/N-ethyl adjacent to an activating group) is 1. The molecule has 2 aromatic carbocycles. The molecule has 0 fully saturated rings. The quantitative estimate of drug-likeness (QED) is 0.784. The number of ether oxygens (including phenoxy) is 1. The van der Waals surface area contributed by atoms with Crippen LogP contribution in [0.1, 0.15) is 38.8 Å². The van der Waals surface area contributed by atoms with Gasteiger partial charge >= 0.3 is 0 Å². The second kappa shape index (κ2) is 9.23. The van der Waals surface area contributed by atoms with Gasteiger partial charge in [0.25, 0.3) is 0 Å². The van der Waals surface area contributed by atoms with Crippen LogP contribution in [0, 0.1) is 0 Å². The summed E-state index contributed by atoms with van der Waals surface area (Å²) in [6.45, 7) is 6.70. The van der Waals surface area contributed by atoms with Crippen molar-refractivity contribution in [2.45, 2.75) is 39.3 Å². The minimum atomic E-state index is -0.271. The van der Waals surface area contributed by atoms with Gasteiger partial charge in [0.1, 0.15) is 5.75 Å². The van der Waals surface area contributed by atoms with Crippen LogP contribution in [0.3, 0.4) is 0 Å². The molecule has 2 rings (SSSR count). The van der Waals surface area contributed by atoms with E-state index in [0.29, 0.717) is 6.54 Å². The second-order valence-corrected chi connectivity index (χ2v) is 6.04. The zero-order chi connectivity index (χ0) is 18.2. The average Bonchev–Trinajstić information content (AvgIpc) is 2.67. The van der Waals surface area contributed by atoms with Crippen molar-refractivity contribution in [2.75, 3.05) is 18.6 Å². The fourth-order valence-electron chi connectivity index (χ4n) is 2.97. The summed E-state index contributed by atoms with van der Waals surface area (Å²) in [5.74, 6) is 0.921. The molecule has 0 radical (unpaired) electrons. The van der Waals surface area contributed by atoms with Crippen LogP contribution >= 0.6 is 0 Å². The molecule has 134 valence electrons. The van der Waals surface area contributed by atoms with Crippen LogP contribution in [0.15, 0.2) is 54.6 Å². The van der Waals surface area contributed by atoms with Crippen LogP contribution in [-0.4, -0.2) is 25.6 Å². The number of anilines is 1. The van der Waals surface area contributed by atoms with Crippen molar-refractivity contribution < 1.29 is 9.53 Å². The van der Waals surface area contributed by atoms with Gasteiger partial charge in [-0.1, -0.05) is 37.3 Å². The van der Waals surface area contributed by atoms with Crippen LogP contribution < -0.4 is 15.0 Å². The van der Waals surface area contributed by atoms with Crippen molar-refractivity contribution in [3.63, 3.8) is 0 Å². The normalized spacial score (nSPS) is 13.1. The number of carbonyl (C=O) groups is 1. The summed E-state index contributed by atoms with van der Waals surface area (Å²) < 4.78 is 5.22. The molecule has 0 aliphatic heterocycles. The number of nitrogens with one attached hydrogen (secondary N) is 1. The highest BCUT2D eigenvalue weighted by atomic mass is 16.5. The lowest BCUT2D eigenvalue weighted by Crippen LogP contribution is -2.46. The van der Waals surface area contributed by atoms with E-state index in [-0.39, 0.29) is 18.0 Å². The molecule has 0 aromatic heterocycles. The SMILES string of the molecule is CCC(NC(C)C(=O)N(CC)c1ccccc1)c1ccc(OC)cc1. The number of hydrogen-bond donors (Lipinski definition) is 1. The number of nitrogens with zero attached hydrogens (tertiary/aromatic N) is 1. The Morgan fingerprint density at radius 1 is 1.08 bits per heavy atom. The Morgan fingerprint density at radius 3 is 2.24 bits per heavy atom. The predicted octanol–water partition coefficient (Wildman–Crippen LogP) is 4.18. The molecule has 1 N–H and O–H groups in total. The van der Waals surface area contributed by atoms with Crippen LogP contribution in [-0.2, 0) is 4.79 Å². The molecule has 4 nitrogen and oxygen atoms in total. The van der Waals surface area contributed by atoms with E-state index < -0.39 is 0 Å². The third-order valence-corrected chi connectivity index (χ3v) is 4.40. The van der Waals surface area contributed by atoms with Gasteiger partial charge in [0.2, 0.25) is 5.91 Å². The van der Waals surface area contributed by atoms with Gasteiger partial charge in [0.15, 0.2) is 0 Å². The van der Waals surface area contributed by atoms with E-state index in [4.69, 9.17) is 4.74 Å². The Hall–Kier alpha value is -2.33. The van der Waals surface area contributed by atoms with Crippen molar-refractivity contribution >= 4 is 11.6 Å². The zero-order valence-corrected chi connectivity index (χ0v) is 15.5. The first kappa shape index (κ1) is 19.0. The highest BCUT2D eigenvalue weighted by Gasteiger charge is 2.23. The minimum Gasteiger partial charge on any atom is -0.497 e. The lowest BCUT2D eigenvalue weighted by Gasteiger charge is -2.28. The number of amides is 1. The Labute approximate surface area is 150 Å². The fourth-order valence-corrected chi connectivity index (χ4v) is 2.97. The molecule has 2 aromatic rings. The van der Waals surface area contributed by atoms with Gasteiger partial charge < -0.3 is 9.64 Å². The highest BCUT2D eigenvalue weighted by Crippen LogP contribution is 2.21. The molecule has 0 aliphatic rings. The Kier molecular flexibility index (Phi) is 7.02. The van der Waals surface area contributed by atoms with Crippen molar-refractivity contribution in [2.24, 2.45) is 0 Å². The Balaban J connectivity index is 2.09. The van der Waals surface area contributed by atoms with Crippen molar-refractivity contribution in [1.29, 1.82) is 0 Å². The maximum atomic E-state index is 12.9. The highest BCUT2D eigenvalue weighted by molar-refractivity contribution is 5.96. The monoisotopic (exact) mass is 340 g/mol. The van der Waals surface area contributed by atoms with Crippen molar-refractivity contribution in [3.05, 3.63) is 60.2 Å². The number of rotatable bonds is 8. The molecule has 2 atom stereocenters. The third-order valence-electron chi connectivity index (χ3n) is 4.40. The molecule has 25 heavy (non-hydrogen) atoms. The maximum absolute atomic E-state index is 12.9. The standard InChI is InChI=1S/C21H28N2O2/c1-5-20(17-12-14-19(25-4)15-13-17)22-16(3)21(24)23(6-2)18-10-8-7-9-11-18/h7-16,20,22H,5-6H2,1-4H3. The summed E-state index contributed by atoms with van der Waals surface area (Å²) in [5.41, 5.74) is 2.09. The molecule has 0 bridgehead atoms. The lowest BCUT2D eigenvalue weighted by atomic mass is 10.0. The number of carbonyl (C=O) groups excluding carboxylic acids is 1. The minimum absolute atomic E-state index is 0.0839. The van der Waals surface area contributed by atoms with E-state index >= 15 is 0 Å². The molecule has 0 spiro atoms.